The van der Waals surface area contributed by atoms with E-state index in [0.29, 0.717) is 24.6 Å². The van der Waals surface area contributed by atoms with Crippen molar-refractivity contribution in [1.82, 2.24) is 5.32 Å². The third-order valence-corrected chi connectivity index (χ3v) is 2.54. The van der Waals surface area contributed by atoms with Gasteiger partial charge >= 0.3 is 0 Å². The number of hydrogen-bond donors (Lipinski definition) is 2. The van der Waals surface area contributed by atoms with Crippen molar-refractivity contribution >= 4 is 0 Å². The van der Waals surface area contributed by atoms with Gasteiger partial charge in [-0.15, -0.1) is 0 Å². The van der Waals surface area contributed by atoms with E-state index in [9.17, 15) is 0 Å². The number of hydrogen-bond acceptors (Lipinski definition) is 2. The first kappa shape index (κ1) is 12.9. The zero-order valence-electron chi connectivity index (χ0n) is 9.51. The molecule has 0 rings (SSSR count). The molecule has 0 saturated heterocycles. The van der Waals surface area contributed by atoms with Gasteiger partial charge in [0.25, 0.3) is 0 Å². The van der Waals surface area contributed by atoms with Crippen LogP contribution in [0.15, 0.2) is 0 Å². The molecule has 0 aliphatic carbocycles. The van der Waals surface area contributed by atoms with E-state index in [-0.39, 0.29) is 0 Å². The molecule has 2 N–H and O–H groups in total. The molecule has 0 saturated carbocycles. The Bertz CT molecular complexity index is 115. The van der Waals surface area contributed by atoms with Gasteiger partial charge < -0.3 is 10.4 Å². The molecule has 80 valence electrons. The van der Waals surface area contributed by atoms with Crippen LogP contribution in [0.2, 0.25) is 0 Å². The average Bonchev–Trinajstić information content (AvgIpc) is 2.10. The van der Waals surface area contributed by atoms with Crippen LogP contribution in [0.5, 0.6) is 0 Å². The van der Waals surface area contributed by atoms with Gasteiger partial charge in [0.15, 0.2) is 0 Å². The van der Waals surface area contributed by atoms with Crippen LogP contribution in [0, 0.1) is 5.92 Å². The van der Waals surface area contributed by atoms with Gasteiger partial charge in [-0.2, -0.15) is 0 Å². The normalized spacial score (nSPS) is 16.2. The molecule has 0 spiro atoms. The van der Waals surface area contributed by atoms with Crippen molar-refractivity contribution in [1.29, 1.82) is 0 Å². The predicted molar refractivity (Wildman–Crippen MR) is 57.8 cm³/mol. The second kappa shape index (κ2) is 7.34. The maximum Gasteiger partial charge on any atom is 0.0431 e. The minimum Gasteiger partial charge on any atom is -0.396 e. The summed E-state index contributed by atoms with van der Waals surface area (Å²) in [4.78, 5) is 0. The smallest absolute Gasteiger partial charge is 0.0431 e. The lowest BCUT2D eigenvalue weighted by Gasteiger charge is -2.25. The van der Waals surface area contributed by atoms with Crippen LogP contribution in [0.1, 0.15) is 47.0 Å². The van der Waals surface area contributed by atoms with E-state index in [1.54, 1.807) is 0 Å². The van der Waals surface area contributed by atoms with Gasteiger partial charge in [0.1, 0.15) is 0 Å². The first-order chi connectivity index (χ1) is 6.11. The molecule has 0 aliphatic heterocycles. The Morgan fingerprint density at radius 3 is 2.23 bits per heavy atom. The van der Waals surface area contributed by atoms with Crippen LogP contribution >= 0.6 is 0 Å². The molecule has 0 amide bonds. The quantitative estimate of drug-likeness (QED) is 0.640. The Hall–Kier alpha value is -0.0800. The Labute approximate surface area is 82.7 Å². The first-order valence-electron chi connectivity index (χ1n) is 5.48. The summed E-state index contributed by atoms with van der Waals surface area (Å²) < 4.78 is 0. The highest BCUT2D eigenvalue weighted by Crippen LogP contribution is 2.08. The monoisotopic (exact) mass is 187 g/mol. The van der Waals surface area contributed by atoms with Crippen molar-refractivity contribution < 1.29 is 5.11 Å². The van der Waals surface area contributed by atoms with E-state index in [2.05, 4.69) is 33.0 Å². The lowest BCUT2D eigenvalue weighted by molar-refractivity contribution is 0.267. The SMILES string of the molecule is CC[C@H](N[C@@H](C)CCCO)C(C)C. The number of nitrogens with one attached hydrogen (secondary N) is 1. The van der Waals surface area contributed by atoms with Crippen molar-refractivity contribution in [3.05, 3.63) is 0 Å². The predicted octanol–water partition coefficient (Wildman–Crippen LogP) is 2.17. The molecule has 0 bridgehead atoms. The van der Waals surface area contributed by atoms with Crippen molar-refractivity contribution in [2.24, 2.45) is 5.92 Å². The number of aliphatic hydroxyl groups excluding tert-OH is 1. The molecular weight excluding hydrogens is 162 g/mol. The van der Waals surface area contributed by atoms with Crippen LogP contribution in [0.3, 0.4) is 0 Å². The molecule has 0 fully saturated rings. The van der Waals surface area contributed by atoms with Crippen LogP contribution < -0.4 is 5.32 Å². The summed E-state index contributed by atoms with van der Waals surface area (Å²) >= 11 is 0. The summed E-state index contributed by atoms with van der Waals surface area (Å²) in [5.74, 6) is 0.696. The van der Waals surface area contributed by atoms with E-state index in [1.165, 1.54) is 6.42 Å². The summed E-state index contributed by atoms with van der Waals surface area (Å²) in [5, 5.41) is 12.3. The van der Waals surface area contributed by atoms with Gasteiger partial charge in [0.2, 0.25) is 0 Å². The zero-order chi connectivity index (χ0) is 10.3. The fourth-order valence-corrected chi connectivity index (χ4v) is 1.63. The lowest BCUT2D eigenvalue weighted by Crippen LogP contribution is -2.39. The zero-order valence-corrected chi connectivity index (χ0v) is 9.51. The van der Waals surface area contributed by atoms with Crippen LogP contribution in [0.4, 0.5) is 0 Å². The summed E-state index contributed by atoms with van der Waals surface area (Å²) in [6.07, 6.45) is 3.16. The molecule has 0 unspecified atom stereocenters. The Kier molecular flexibility index (Phi) is 7.29. The molecule has 2 nitrogen and oxygen atoms in total. The summed E-state index contributed by atoms with van der Waals surface area (Å²) in [6, 6.07) is 1.15. The van der Waals surface area contributed by atoms with Crippen molar-refractivity contribution in [2.75, 3.05) is 6.61 Å². The fourth-order valence-electron chi connectivity index (χ4n) is 1.63. The van der Waals surface area contributed by atoms with Crippen LogP contribution in [0.25, 0.3) is 0 Å². The van der Waals surface area contributed by atoms with Crippen molar-refractivity contribution in [3.63, 3.8) is 0 Å². The van der Waals surface area contributed by atoms with E-state index >= 15 is 0 Å². The van der Waals surface area contributed by atoms with Gasteiger partial charge in [-0.1, -0.05) is 20.8 Å². The van der Waals surface area contributed by atoms with Gasteiger partial charge in [0.05, 0.1) is 0 Å². The third kappa shape index (κ3) is 6.05. The average molecular weight is 187 g/mol. The lowest BCUT2D eigenvalue weighted by atomic mass is 10.00. The fraction of sp³-hybridized carbons (Fsp3) is 1.00. The number of rotatable bonds is 7. The largest absolute Gasteiger partial charge is 0.396 e. The van der Waals surface area contributed by atoms with E-state index in [4.69, 9.17) is 5.11 Å². The maximum atomic E-state index is 8.69. The van der Waals surface area contributed by atoms with Crippen LogP contribution in [-0.4, -0.2) is 23.8 Å². The second-order valence-corrected chi connectivity index (χ2v) is 4.19. The maximum absolute atomic E-state index is 8.69. The van der Waals surface area contributed by atoms with Gasteiger partial charge in [0, 0.05) is 18.7 Å². The molecule has 0 aromatic rings. The molecule has 13 heavy (non-hydrogen) atoms. The Morgan fingerprint density at radius 1 is 1.23 bits per heavy atom. The van der Waals surface area contributed by atoms with Crippen molar-refractivity contribution in [2.45, 2.75) is 59.0 Å². The molecule has 0 aromatic carbocycles. The molecule has 2 heteroatoms. The molecule has 0 aliphatic rings. The van der Waals surface area contributed by atoms with Gasteiger partial charge in [-0.3, -0.25) is 0 Å². The highest BCUT2D eigenvalue weighted by molar-refractivity contribution is 4.72. The molecule has 0 radical (unpaired) electrons. The summed E-state index contributed by atoms with van der Waals surface area (Å²) in [5.41, 5.74) is 0. The molecule has 0 aromatic heterocycles. The minimum absolute atomic E-state index is 0.310. The summed E-state index contributed by atoms with van der Waals surface area (Å²) in [7, 11) is 0. The Morgan fingerprint density at radius 2 is 1.85 bits per heavy atom. The number of aliphatic hydroxyl groups is 1. The third-order valence-electron chi connectivity index (χ3n) is 2.54. The van der Waals surface area contributed by atoms with E-state index < -0.39 is 0 Å². The highest BCUT2D eigenvalue weighted by atomic mass is 16.2. The van der Waals surface area contributed by atoms with Crippen molar-refractivity contribution in [3.8, 4) is 0 Å². The van der Waals surface area contributed by atoms with Gasteiger partial charge in [-0.25, -0.2) is 0 Å². The topological polar surface area (TPSA) is 32.3 Å². The van der Waals surface area contributed by atoms with E-state index in [0.717, 1.165) is 12.8 Å². The first-order valence-corrected chi connectivity index (χ1v) is 5.48. The van der Waals surface area contributed by atoms with Gasteiger partial charge in [-0.05, 0) is 32.1 Å². The summed E-state index contributed by atoms with van der Waals surface area (Å²) in [6.45, 7) is 9.22. The Balaban J connectivity index is 3.66. The van der Waals surface area contributed by atoms with E-state index in [1.807, 2.05) is 0 Å². The molecular formula is C11H25NO. The highest BCUT2D eigenvalue weighted by Gasteiger charge is 2.12. The minimum atomic E-state index is 0.310. The van der Waals surface area contributed by atoms with Crippen LogP contribution in [-0.2, 0) is 0 Å². The molecule has 0 heterocycles. The second-order valence-electron chi connectivity index (χ2n) is 4.19. The standard InChI is InChI=1S/C11H25NO/c1-5-11(9(2)3)12-10(4)7-6-8-13/h9-13H,5-8H2,1-4H3/t10-,11-/m0/s1. The molecule has 2 atom stereocenters.